The second kappa shape index (κ2) is 4.14. The van der Waals surface area contributed by atoms with E-state index in [9.17, 15) is 4.79 Å². The van der Waals surface area contributed by atoms with Crippen molar-refractivity contribution in [3.05, 3.63) is 34.8 Å². The van der Waals surface area contributed by atoms with Crippen molar-refractivity contribution in [1.29, 1.82) is 5.26 Å². The molecule has 6 heteroatoms. The molecule has 6 nitrogen and oxygen atoms in total. The van der Waals surface area contributed by atoms with Crippen molar-refractivity contribution in [2.75, 3.05) is 0 Å². The number of nitrogens with zero attached hydrogens (tertiary/aromatic N) is 5. The molecule has 84 valence electrons. The molecule has 0 aliphatic carbocycles. The lowest BCUT2D eigenvalue weighted by Crippen LogP contribution is -2.03. The van der Waals surface area contributed by atoms with Gasteiger partial charge in [0.25, 0.3) is 0 Å². The molecule has 2 heterocycles. The van der Waals surface area contributed by atoms with Gasteiger partial charge < -0.3 is 0 Å². The Morgan fingerprint density at radius 1 is 1.47 bits per heavy atom. The lowest BCUT2D eigenvalue weighted by Gasteiger charge is -2.03. The normalized spacial score (nSPS) is 9.94. The van der Waals surface area contributed by atoms with Gasteiger partial charge in [-0.05, 0) is 25.5 Å². The van der Waals surface area contributed by atoms with E-state index in [-0.39, 0.29) is 5.69 Å². The van der Waals surface area contributed by atoms with Crippen molar-refractivity contribution in [3.8, 4) is 11.9 Å². The first-order valence-corrected chi connectivity index (χ1v) is 4.92. The maximum Gasteiger partial charge on any atom is 0.172 e. The van der Waals surface area contributed by atoms with Crippen molar-refractivity contribution in [2.45, 2.75) is 13.8 Å². The fourth-order valence-corrected chi connectivity index (χ4v) is 1.44. The fraction of sp³-hybridized carbons (Fsp3) is 0.182. The van der Waals surface area contributed by atoms with Crippen LogP contribution >= 0.6 is 0 Å². The van der Waals surface area contributed by atoms with Gasteiger partial charge in [-0.3, -0.25) is 4.79 Å². The predicted octanol–water partition coefficient (Wildman–Crippen LogP) is 0.963. The van der Waals surface area contributed by atoms with Crippen LogP contribution in [0.25, 0.3) is 5.82 Å². The third-order valence-corrected chi connectivity index (χ3v) is 2.48. The maximum absolute atomic E-state index is 10.7. The van der Waals surface area contributed by atoms with Crippen LogP contribution in [0.1, 0.15) is 27.3 Å². The van der Waals surface area contributed by atoms with E-state index >= 15 is 0 Å². The van der Waals surface area contributed by atoms with Gasteiger partial charge in [0.05, 0.1) is 11.3 Å². The molecular formula is C11H9N5O. The first-order valence-electron chi connectivity index (χ1n) is 4.92. The molecule has 17 heavy (non-hydrogen) atoms. The van der Waals surface area contributed by atoms with Crippen LogP contribution < -0.4 is 0 Å². The molecule has 0 aliphatic rings. The van der Waals surface area contributed by atoms with Crippen LogP contribution in [0.2, 0.25) is 0 Å². The number of hydrogen-bond donors (Lipinski definition) is 0. The van der Waals surface area contributed by atoms with Gasteiger partial charge in [-0.2, -0.15) is 9.94 Å². The minimum atomic E-state index is 0.286. The number of nitriles is 1. The van der Waals surface area contributed by atoms with Gasteiger partial charge >= 0.3 is 0 Å². The third kappa shape index (κ3) is 1.78. The van der Waals surface area contributed by atoms with Gasteiger partial charge in [-0.15, -0.1) is 5.10 Å². The molecule has 2 aromatic heterocycles. The van der Waals surface area contributed by atoms with Crippen molar-refractivity contribution in [3.63, 3.8) is 0 Å². The Kier molecular flexibility index (Phi) is 2.66. The number of pyridine rings is 1. The van der Waals surface area contributed by atoms with Gasteiger partial charge in [-0.25, -0.2) is 4.98 Å². The summed E-state index contributed by atoms with van der Waals surface area (Å²) in [7, 11) is 0. The predicted molar refractivity (Wildman–Crippen MR) is 58.7 cm³/mol. The first-order chi connectivity index (χ1) is 8.17. The Balaban J connectivity index is 2.54. The first kappa shape index (κ1) is 11.0. The van der Waals surface area contributed by atoms with Gasteiger partial charge in [0, 0.05) is 6.20 Å². The molecule has 0 radical (unpaired) electrons. The molecule has 0 N–H and O–H groups in total. The summed E-state index contributed by atoms with van der Waals surface area (Å²) >= 11 is 0. The molecule has 0 aromatic carbocycles. The van der Waals surface area contributed by atoms with Crippen LogP contribution in [0.15, 0.2) is 12.3 Å². The minimum absolute atomic E-state index is 0.286. The number of aromatic nitrogens is 4. The van der Waals surface area contributed by atoms with Crippen molar-refractivity contribution >= 4 is 6.29 Å². The number of aldehydes is 1. The Morgan fingerprint density at radius 3 is 2.76 bits per heavy atom. The summed E-state index contributed by atoms with van der Waals surface area (Å²) in [6, 6.07) is 3.77. The topological polar surface area (TPSA) is 84.5 Å². The van der Waals surface area contributed by atoms with Crippen molar-refractivity contribution < 1.29 is 4.79 Å². The summed E-state index contributed by atoms with van der Waals surface area (Å²) in [4.78, 5) is 14.8. The quantitative estimate of drug-likeness (QED) is 0.713. The zero-order valence-electron chi connectivity index (χ0n) is 9.38. The van der Waals surface area contributed by atoms with Crippen LogP contribution in [-0.4, -0.2) is 26.3 Å². The highest BCUT2D eigenvalue weighted by Gasteiger charge is 2.11. The van der Waals surface area contributed by atoms with E-state index < -0.39 is 0 Å². The van der Waals surface area contributed by atoms with Crippen LogP contribution in [0.4, 0.5) is 0 Å². The van der Waals surface area contributed by atoms with E-state index in [4.69, 9.17) is 5.26 Å². The van der Waals surface area contributed by atoms with Crippen molar-refractivity contribution in [1.82, 2.24) is 20.0 Å². The summed E-state index contributed by atoms with van der Waals surface area (Å²) in [6.07, 6.45) is 2.13. The molecule has 0 fully saturated rings. The molecule has 2 aromatic rings. The van der Waals surface area contributed by atoms with Gasteiger partial charge in [0.2, 0.25) is 0 Å². The monoisotopic (exact) mass is 227 g/mol. The molecule has 0 spiro atoms. The Hall–Kier alpha value is -2.55. The highest BCUT2D eigenvalue weighted by Crippen LogP contribution is 2.12. The smallest absolute Gasteiger partial charge is 0.172 e. The zero-order valence-corrected chi connectivity index (χ0v) is 9.38. The lowest BCUT2D eigenvalue weighted by molar-refractivity contribution is 0.111. The van der Waals surface area contributed by atoms with E-state index in [1.165, 1.54) is 10.9 Å². The molecule has 0 saturated carbocycles. The standard InChI is InChI=1S/C11H9N5O/c1-7-3-11(13-5-9(7)4-12)16-8(2)10(6-17)14-15-16/h3,5-6H,1-2H3. The average Bonchev–Trinajstić information content (AvgIpc) is 2.70. The summed E-state index contributed by atoms with van der Waals surface area (Å²) in [5, 5.41) is 16.4. The number of carbonyl (C=O) groups is 1. The largest absolute Gasteiger partial charge is 0.296 e. The maximum atomic E-state index is 10.7. The molecule has 0 bridgehead atoms. The molecule has 0 unspecified atom stereocenters. The highest BCUT2D eigenvalue weighted by atomic mass is 16.1. The Labute approximate surface area is 97.5 Å². The summed E-state index contributed by atoms with van der Waals surface area (Å²) in [5.41, 5.74) is 2.23. The molecule has 2 rings (SSSR count). The molecule has 0 saturated heterocycles. The summed E-state index contributed by atoms with van der Waals surface area (Å²) in [5.74, 6) is 0.541. The SMILES string of the molecule is Cc1cc(-n2nnc(C=O)c2C)ncc1C#N. The van der Waals surface area contributed by atoms with E-state index in [2.05, 4.69) is 15.3 Å². The van der Waals surface area contributed by atoms with Gasteiger partial charge in [0.1, 0.15) is 11.8 Å². The zero-order chi connectivity index (χ0) is 12.4. The fourth-order valence-electron chi connectivity index (χ4n) is 1.44. The Bertz CT molecular complexity index is 623. The molecule has 0 atom stereocenters. The summed E-state index contributed by atoms with van der Waals surface area (Å²) < 4.78 is 1.47. The van der Waals surface area contributed by atoms with E-state index in [1.54, 1.807) is 13.0 Å². The van der Waals surface area contributed by atoms with E-state index in [0.717, 1.165) is 5.56 Å². The second-order valence-corrected chi connectivity index (χ2v) is 3.56. The summed E-state index contributed by atoms with van der Waals surface area (Å²) in [6.45, 7) is 3.55. The van der Waals surface area contributed by atoms with Crippen LogP contribution in [0.3, 0.4) is 0 Å². The third-order valence-electron chi connectivity index (χ3n) is 2.48. The highest BCUT2D eigenvalue weighted by molar-refractivity contribution is 5.73. The average molecular weight is 227 g/mol. The number of aryl methyl sites for hydroxylation is 1. The van der Waals surface area contributed by atoms with Gasteiger partial charge in [0.15, 0.2) is 12.1 Å². The van der Waals surface area contributed by atoms with E-state index in [1.807, 2.05) is 13.0 Å². The number of rotatable bonds is 2. The molecular weight excluding hydrogens is 218 g/mol. The number of hydrogen-bond acceptors (Lipinski definition) is 5. The molecule has 0 amide bonds. The lowest BCUT2D eigenvalue weighted by atomic mass is 10.2. The minimum Gasteiger partial charge on any atom is -0.296 e. The van der Waals surface area contributed by atoms with Crippen LogP contribution in [-0.2, 0) is 0 Å². The van der Waals surface area contributed by atoms with E-state index in [0.29, 0.717) is 23.4 Å². The van der Waals surface area contributed by atoms with Crippen LogP contribution in [0.5, 0.6) is 0 Å². The second-order valence-electron chi connectivity index (χ2n) is 3.56. The number of carbonyl (C=O) groups excluding carboxylic acids is 1. The molecule has 0 aliphatic heterocycles. The Morgan fingerprint density at radius 2 is 2.24 bits per heavy atom. The van der Waals surface area contributed by atoms with Gasteiger partial charge in [-0.1, -0.05) is 5.21 Å². The van der Waals surface area contributed by atoms with Crippen molar-refractivity contribution in [2.24, 2.45) is 0 Å². The van der Waals surface area contributed by atoms with Crippen LogP contribution in [0, 0.1) is 25.2 Å².